The van der Waals surface area contributed by atoms with E-state index in [1.807, 2.05) is 6.92 Å². The maximum absolute atomic E-state index is 13.8. The van der Waals surface area contributed by atoms with Gasteiger partial charge in [0.2, 0.25) is 0 Å². The van der Waals surface area contributed by atoms with E-state index in [-0.39, 0.29) is 12.4 Å². The lowest BCUT2D eigenvalue weighted by atomic mass is 10.0. The van der Waals surface area contributed by atoms with Crippen LogP contribution in [0.3, 0.4) is 0 Å². The summed E-state index contributed by atoms with van der Waals surface area (Å²) in [5.74, 6) is -0.633. The molecule has 0 saturated heterocycles. The minimum atomic E-state index is -0.449. The number of aliphatic hydroxyl groups is 1. The first-order valence-electron chi connectivity index (χ1n) is 5.05. The molecule has 0 aromatic heterocycles. The van der Waals surface area contributed by atoms with Crippen molar-refractivity contribution in [2.24, 2.45) is 0 Å². The van der Waals surface area contributed by atoms with Gasteiger partial charge in [0, 0.05) is 5.92 Å². The Bertz CT molecular complexity index is 312. The van der Waals surface area contributed by atoms with E-state index in [2.05, 4.69) is 6.92 Å². The smallest absolute Gasteiger partial charge is 0.168 e. The highest BCUT2D eigenvalue weighted by molar-refractivity contribution is 5.33. The molecule has 1 N–H and O–H groups in total. The van der Waals surface area contributed by atoms with Crippen molar-refractivity contribution in [2.45, 2.75) is 19.3 Å². The molecule has 0 heterocycles. The van der Waals surface area contributed by atoms with Gasteiger partial charge >= 0.3 is 0 Å². The molecule has 1 radical (unpaired) electrons. The zero-order valence-electron chi connectivity index (χ0n) is 8.87. The minimum absolute atomic E-state index is 0.172. The van der Waals surface area contributed by atoms with Crippen molar-refractivity contribution in [2.75, 3.05) is 13.2 Å². The molecule has 0 bridgehead atoms. The van der Waals surface area contributed by atoms with E-state index in [9.17, 15) is 4.39 Å². The lowest BCUT2D eigenvalue weighted by Gasteiger charge is -2.12. The van der Waals surface area contributed by atoms with Crippen LogP contribution in [0.2, 0.25) is 0 Å². The van der Waals surface area contributed by atoms with Crippen LogP contribution in [0.5, 0.6) is 5.75 Å². The zero-order chi connectivity index (χ0) is 11.3. The third-order valence-corrected chi connectivity index (χ3v) is 2.12. The van der Waals surface area contributed by atoms with Gasteiger partial charge in [0.15, 0.2) is 11.6 Å². The average molecular weight is 211 g/mol. The predicted octanol–water partition coefficient (Wildman–Crippen LogP) is 2.52. The van der Waals surface area contributed by atoms with Gasteiger partial charge in [-0.1, -0.05) is 19.1 Å². The molecule has 1 aromatic rings. The molecular weight excluding hydrogens is 195 g/mol. The summed E-state index contributed by atoms with van der Waals surface area (Å²) < 4.78 is 19.0. The monoisotopic (exact) mass is 211 g/mol. The van der Waals surface area contributed by atoms with Crippen molar-refractivity contribution in [1.29, 1.82) is 0 Å². The number of rotatable bonds is 5. The van der Waals surface area contributed by atoms with Crippen LogP contribution in [0.1, 0.15) is 24.8 Å². The SMILES string of the molecule is [CH2]C(CO)c1cccc(OCCC)c1F. The van der Waals surface area contributed by atoms with Crippen LogP contribution in [0.25, 0.3) is 0 Å². The van der Waals surface area contributed by atoms with Crippen LogP contribution in [-0.4, -0.2) is 18.3 Å². The highest BCUT2D eigenvalue weighted by atomic mass is 19.1. The Balaban J connectivity index is 2.90. The quantitative estimate of drug-likeness (QED) is 0.811. The Morgan fingerprint density at radius 1 is 1.53 bits per heavy atom. The molecule has 2 nitrogen and oxygen atoms in total. The third-order valence-electron chi connectivity index (χ3n) is 2.12. The standard InChI is InChI=1S/C12H16FO2/c1-3-7-15-11-6-4-5-10(12(11)13)9(2)8-14/h4-6,9,14H,2-3,7-8H2,1H3. The van der Waals surface area contributed by atoms with Gasteiger partial charge in [-0.25, -0.2) is 4.39 Å². The van der Waals surface area contributed by atoms with E-state index in [0.29, 0.717) is 12.2 Å². The first-order chi connectivity index (χ1) is 7.20. The largest absolute Gasteiger partial charge is 0.491 e. The molecule has 0 amide bonds. The minimum Gasteiger partial charge on any atom is -0.491 e. The van der Waals surface area contributed by atoms with Crippen molar-refractivity contribution in [3.63, 3.8) is 0 Å². The molecule has 0 fully saturated rings. The second kappa shape index (κ2) is 5.71. The average Bonchev–Trinajstić information content (AvgIpc) is 2.27. The normalized spacial score (nSPS) is 12.5. The second-order valence-corrected chi connectivity index (χ2v) is 3.39. The van der Waals surface area contributed by atoms with Crippen molar-refractivity contribution in [3.8, 4) is 5.75 Å². The fraction of sp³-hybridized carbons (Fsp3) is 0.417. The molecule has 0 spiro atoms. The van der Waals surface area contributed by atoms with Crippen LogP contribution in [0, 0.1) is 12.7 Å². The fourth-order valence-electron chi connectivity index (χ4n) is 1.26. The molecule has 3 heteroatoms. The molecule has 15 heavy (non-hydrogen) atoms. The molecule has 0 aliphatic heterocycles. The van der Waals surface area contributed by atoms with Gasteiger partial charge in [-0.2, -0.15) is 0 Å². The van der Waals surface area contributed by atoms with E-state index < -0.39 is 11.7 Å². The number of hydrogen-bond donors (Lipinski definition) is 1. The molecule has 0 aliphatic rings. The fourth-order valence-corrected chi connectivity index (χ4v) is 1.26. The van der Waals surface area contributed by atoms with Gasteiger partial charge in [-0.15, -0.1) is 0 Å². The Morgan fingerprint density at radius 3 is 2.87 bits per heavy atom. The van der Waals surface area contributed by atoms with E-state index >= 15 is 0 Å². The van der Waals surface area contributed by atoms with Gasteiger partial charge in [-0.3, -0.25) is 0 Å². The van der Waals surface area contributed by atoms with Crippen molar-refractivity contribution in [3.05, 3.63) is 36.5 Å². The van der Waals surface area contributed by atoms with Gasteiger partial charge in [0.05, 0.1) is 13.2 Å². The second-order valence-electron chi connectivity index (χ2n) is 3.39. The number of benzene rings is 1. The number of halogens is 1. The molecule has 1 rings (SSSR count). The summed E-state index contributed by atoms with van der Waals surface area (Å²) in [5, 5.41) is 8.91. The summed E-state index contributed by atoms with van der Waals surface area (Å²) in [5.41, 5.74) is 0.395. The highest BCUT2D eigenvalue weighted by Gasteiger charge is 2.13. The first kappa shape index (κ1) is 12.0. The Hall–Kier alpha value is -1.09. The van der Waals surface area contributed by atoms with Gasteiger partial charge in [0.25, 0.3) is 0 Å². The van der Waals surface area contributed by atoms with Gasteiger partial charge < -0.3 is 9.84 Å². The number of aliphatic hydroxyl groups excluding tert-OH is 1. The summed E-state index contributed by atoms with van der Waals surface area (Å²) in [6, 6.07) is 4.90. The Kier molecular flexibility index (Phi) is 4.56. The maximum Gasteiger partial charge on any atom is 0.168 e. The molecule has 1 aromatic carbocycles. The predicted molar refractivity (Wildman–Crippen MR) is 57.4 cm³/mol. The van der Waals surface area contributed by atoms with Crippen LogP contribution in [0.15, 0.2) is 18.2 Å². The summed E-state index contributed by atoms with van der Waals surface area (Å²) in [4.78, 5) is 0. The van der Waals surface area contributed by atoms with Crippen LogP contribution in [0.4, 0.5) is 4.39 Å². The highest BCUT2D eigenvalue weighted by Crippen LogP contribution is 2.25. The lowest BCUT2D eigenvalue weighted by Crippen LogP contribution is -2.05. The summed E-state index contributed by atoms with van der Waals surface area (Å²) in [6.07, 6.45) is 0.831. The topological polar surface area (TPSA) is 29.5 Å². The summed E-state index contributed by atoms with van der Waals surface area (Å²) in [6.45, 7) is 5.94. The van der Waals surface area contributed by atoms with Crippen molar-refractivity contribution >= 4 is 0 Å². The van der Waals surface area contributed by atoms with Crippen LogP contribution < -0.4 is 4.74 Å². The van der Waals surface area contributed by atoms with E-state index in [4.69, 9.17) is 9.84 Å². The lowest BCUT2D eigenvalue weighted by molar-refractivity contribution is 0.275. The third kappa shape index (κ3) is 2.93. The van der Waals surface area contributed by atoms with Gasteiger partial charge in [-0.05, 0) is 25.0 Å². The van der Waals surface area contributed by atoms with Crippen LogP contribution >= 0.6 is 0 Å². The molecule has 0 saturated carbocycles. The van der Waals surface area contributed by atoms with E-state index in [0.717, 1.165) is 6.42 Å². The van der Waals surface area contributed by atoms with Gasteiger partial charge in [0.1, 0.15) is 0 Å². The Morgan fingerprint density at radius 2 is 2.27 bits per heavy atom. The van der Waals surface area contributed by atoms with E-state index in [1.54, 1.807) is 18.2 Å². The van der Waals surface area contributed by atoms with Crippen molar-refractivity contribution in [1.82, 2.24) is 0 Å². The maximum atomic E-state index is 13.8. The van der Waals surface area contributed by atoms with E-state index in [1.165, 1.54) is 0 Å². The van der Waals surface area contributed by atoms with Crippen LogP contribution in [-0.2, 0) is 0 Å². The van der Waals surface area contributed by atoms with Crippen molar-refractivity contribution < 1.29 is 14.2 Å². The number of hydrogen-bond acceptors (Lipinski definition) is 2. The Labute approximate surface area is 89.7 Å². The molecule has 1 unspecified atom stereocenters. The number of ether oxygens (including phenoxy) is 1. The molecule has 0 aliphatic carbocycles. The zero-order valence-corrected chi connectivity index (χ0v) is 8.87. The first-order valence-corrected chi connectivity index (χ1v) is 5.05. The summed E-state index contributed by atoms with van der Waals surface area (Å²) in [7, 11) is 0. The molecule has 1 atom stereocenters. The molecular formula is C12H16FO2. The summed E-state index contributed by atoms with van der Waals surface area (Å²) >= 11 is 0. The molecule has 83 valence electrons.